The number of nitriles is 1. The minimum Gasteiger partial charge on any atom is -0.322 e. The van der Waals surface area contributed by atoms with Crippen molar-refractivity contribution in [3.63, 3.8) is 0 Å². The van der Waals surface area contributed by atoms with Gasteiger partial charge in [-0.2, -0.15) is 5.26 Å². The molecule has 1 fully saturated rings. The zero-order chi connectivity index (χ0) is 20.1. The number of carbonyl (C=O) groups excluding carboxylic acids is 1. The molecule has 0 unspecified atom stereocenters. The van der Waals surface area contributed by atoms with Crippen molar-refractivity contribution in [2.45, 2.75) is 19.4 Å². The third kappa shape index (κ3) is 4.71. The maximum atomic E-state index is 12.4. The highest BCUT2D eigenvalue weighted by atomic mass is 16.1. The van der Waals surface area contributed by atoms with E-state index in [9.17, 15) is 4.79 Å². The van der Waals surface area contributed by atoms with Crippen molar-refractivity contribution >= 4 is 11.6 Å². The molecule has 144 valence electrons. The van der Waals surface area contributed by atoms with Gasteiger partial charge in [0.1, 0.15) is 0 Å². The third-order valence-corrected chi connectivity index (χ3v) is 5.29. The molecule has 4 nitrogen and oxygen atoms in total. The number of likely N-dealkylation sites (tertiary alicyclic amines) is 1. The second-order valence-corrected chi connectivity index (χ2v) is 7.40. The van der Waals surface area contributed by atoms with Crippen LogP contribution in [0.4, 0.5) is 5.69 Å². The Kier molecular flexibility index (Phi) is 5.69. The molecular formula is C25H23N3O. The van der Waals surface area contributed by atoms with Gasteiger partial charge in [-0.25, -0.2) is 0 Å². The smallest absolute Gasteiger partial charge is 0.255 e. The Balaban J connectivity index is 1.40. The fourth-order valence-corrected chi connectivity index (χ4v) is 3.68. The Labute approximate surface area is 171 Å². The lowest BCUT2D eigenvalue weighted by atomic mass is 10.0. The van der Waals surface area contributed by atoms with Crippen LogP contribution in [-0.4, -0.2) is 23.9 Å². The Morgan fingerprint density at radius 3 is 2.24 bits per heavy atom. The minimum atomic E-state index is -0.221. The normalized spacial score (nSPS) is 13.8. The molecule has 1 amide bonds. The summed E-state index contributed by atoms with van der Waals surface area (Å²) in [5, 5.41) is 11.9. The van der Waals surface area contributed by atoms with E-state index in [1.807, 2.05) is 24.3 Å². The Morgan fingerprint density at radius 2 is 1.59 bits per heavy atom. The predicted molar refractivity (Wildman–Crippen MR) is 115 cm³/mol. The molecule has 0 saturated carbocycles. The van der Waals surface area contributed by atoms with Gasteiger partial charge in [0.2, 0.25) is 0 Å². The SMILES string of the molecule is N#Cc1cccc(C(=O)Nc2ccc(-c3ccc(CN4CCCC4)cc3)cc2)c1. The second kappa shape index (κ2) is 8.72. The first-order valence-electron chi connectivity index (χ1n) is 9.94. The molecule has 1 saturated heterocycles. The summed E-state index contributed by atoms with van der Waals surface area (Å²) in [5.74, 6) is -0.221. The topological polar surface area (TPSA) is 56.1 Å². The van der Waals surface area contributed by atoms with Crippen LogP contribution in [0.2, 0.25) is 0 Å². The Morgan fingerprint density at radius 1 is 0.931 bits per heavy atom. The molecule has 0 spiro atoms. The summed E-state index contributed by atoms with van der Waals surface area (Å²) in [4.78, 5) is 14.9. The molecule has 29 heavy (non-hydrogen) atoms. The maximum absolute atomic E-state index is 12.4. The van der Waals surface area contributed by atoms with Crippen LogP contribution in [0.1, 0.15) is 34.3 Å². The van der Waals surface area contributed by atoms with Crippen LogP contribution < -0.4 is 5.32 Å². The summed E-state index contributed by atoms with van der Waals surface area (Å²) >= 11 is 0. The molecule has 4 rings (SSSR count). The van der Waals surface area contributed by atoms with Crippen molar-refractivity contribution in [3.05, 3.63) is 89.5 Å². The summed E-state index contributed by atoms with van der Waals surface area (Å²) in [6.07, 6.45) is 2.62. The van der Waals surface area contributed by atoms with E-state index in [1.165, 1.54) is 31.5 Å². The second-order valence-electron chi connectivity index (χ2n) is 7.40. The first-order chi connectivity index (χ1) is 14.2. The highest BCUT2D eigenvalue weighted by Crippen LogP contribution is 2.23. The Hall–Kier alpha value is -3.42. The van der Waals surface area contributed by atoms with Crippen molar-refractivity contribution < 1.29 is 4.79 Å². The molecule has 1 aliphatic rings. The molecule has 0 bridgehead atoms. The van der Waals surface area contributed by atoms with Crippen molar-refractivity contribution in [1.82, 2.24) is 4.90 Å². The Bertz CT molecular complexity index is 1030. The van der Waals surface area contributed by atoms with Crippen molar-refractivity contribution in [3.8, 4) is 17.2 Å². The zero-order valence-corrected chi connectivity index (χ0v) is 16.3. The summed E-state index contributed by atoms with van der Waals surface area (Å²) in [6.45, 7) is 3.43. The van der Waals surface area contributed by atoms with Gasteiger partial charge >= 0.3 is 0 Å². The highest BCUT2D eigenvalue weighted by molar-refractivity contribution is 6.04. The lowest BCUT2D eigenvalue weighted by Gasteiger charge is -2.14. The monoisotopic (exact) mass is 381 g/mol. The van der Waals surface area contributed by atoms with Gasteiger partial charge in [0.15, 0.2) is 0 Å². The fraction of sp³-hybridized carbons (Fsp3) is 0.200. The number of nitrogens with zero attached hydrogens (tertiary/aromatic N) is 2. The zero-order valence-electron chi connectivity index (χ0n) is 16.3. The molecule has 1 aliphatic heterocycles. The number of hydrogen-bond acceptors (Lipinski definition) is 3. The largest absolute Gasteiger partial charge is 0.322 e. The summed E-state index contributed by atoms with van der Waals surface area (Å²) < 4.78 is 0. The van der Waals surface area contributed by atoms with Gasteiger partial charge in [-0.3, -0.25) is 9.69 Å². The van der Waals surface area contributed by atoms with Gasteiger partial charge in [0.05, 0.1) is 11.6 Å². The number of benzene rings is 3. The van der Waals surface area contributed by atoms with Crippen LogP contribution in [0, 0.1) is 11.3 Å². The first-order valence-corrected chi connectivity index (χ1v) is 9.94. The summed E-state index contributed by atoms with van der Waals surface area (Å²) in [6, 6.07) is 25.3. The van der Waals surface area contributed by atoms with Gasteiger partial charge in [0.25, 0.3) is 5.91 Å². The van der Waals surface area contributed by atoms with E-state index >= 15 is 0 Å². The quantitative estimate of drug-likeness (QED) is 0.671. The minimum absolute atomic E-state index is 0.221. The van der Waals surface area contributed by atoms with Crippen LogP contribution >= 0.6 is 0 Å². The van der Waals surface area contributed by atoms with Gasteiger partial charge in [-0.15, -0.1) is 0 Å². The summed E-state index contributed by atoms with van der Waals surface area (Å²) in [7, 11) is 0. The predicted octanol–water partition coefficient (Wildman–Crippen LogP) is 5.07. The fourth-order valence-electron chi connectivity index (χ4n) is 3.68. The van der Waals surface area contributed by atoms with E-state index in [0.29, 0.717) is 11.1 Å². The lowest BCUT2D eigenvalue weighted by molar-refractivity contribution is 0.102. The van der Waals surface area contributed by atoms with Crippen LogP contribution in [0.25, 0.3) is 11.1 Å². The van der Waals surface area contributed by atoms with Crippen LogP contribution in [0.15, 0.2) is 72.8 Å². The van der Waals surface area contributed by atoms with Crippen LogP contribution in [-0.2, 0) is 6.54 Å². The molecular weight excluding hydrogens is 358 g/mol. The van der Waals surface area contributed by atoms with Gasteiger partial charge < -0.3 is 5.32 Å². The van der Waals surface area contributed by atoms with Crippen molar-refractivity contribution in [2.24, 2.45) is 0 Å². The first kappa shape index (κ1) is 18.9. The number of amides is 1. The number of rotatable bonds is 5. The number of hydrogen-bond donors (Lipinski definition) is 1. The van der Waals surface area contributed by atoms with Gasteiger partial charge in [-0.1, -0.05) is 42.5 Å². The van der Waals surface area contributed by atoms with E-state index in [2.05, 4.69) is 40.6 Å². The molecule has 4 heteroatoms. The third-order valence-electron chi connectivity index (χ3n) is 5.29. The van der Waals surface area contributed by atoms with Crippen molar-refractivity contribution in [2.75, 3.05) is 18.4 Å². The van der Waals surface area contributed by atoms with Gasteiger partial charge in [-0.05, 0) is 73.0 Å². The molecule has 0 radical (unpaired) electrons. The molecule has 3 aromatic rings. The molecule has 1 heterocycles. The average Bonchev–Trinajstić information content (AvgIpc) is 3.28. The van der Waals surface area contributed by atoms with E-state index < -0.39 is 0 Å². The highest BCUT2D eigenvalue weighted by Gasteiger charge is 2.11. The number of nitrogens with one attached hydrogen (secondary N) is 1. The molecule has 0 aromatic heterocycles. The van der Waals surface area contributed by atoms with E-state index in [4.69, 9.17) is 5.26 Å². The van der Waals surface area contributed by atoms with Gasteiger partial charge in [0, 0.05) is 17.8 Å². The molecule has 1 N–H and O–H groups in total. The number of anilines is 1. The summed E-state index contributed by atoms with van der Waals surface area (Å²) in [5.41, 5.74) is 5.30. The van der Waals surface area contributed by atoms with E-state index in [0.717, 1.165) is 23.4 Å². The molecule has 0 atom stereocenters. The van der Waals surface area contributed by atoms with E-state index in [-0.39, 0.29) is 5.91 Å². The van der Waals surface area contributed by atoms with Crippen LogP contribution in [0.5, 0.6) is 0 Å². The standard InChI is InChI=1S/C25H23N3O/c26-17-20-4-3-5-23(16-20)25(29)27-24-12-10-22(11-13-24)21-8-6-19(7-9-21)18-28-14-1-2-15-28/h3-13,16H,1-2,14-15,18H2,(H,27,29). The van der Waals surface area contributed by atoms with Crippen LogP contribution in [0.3, 0.4) is 0 Å². The average molecular weight is 381 g/mol. The van der Waals surface area contributed by atoms with E-state index in [1.54, 1.807) is 24.3 Å². The molecule has 0 aliphatic carbocycles. The molecule has 3 aromatic carbocycles. The number of carbonyl (C=O) groups is 1. The van der Waals surface area contributed by atoms with Crippen molar-refractivity contribution in [1.29, 1.82) is 5.26 Å². The lowest BCUT2D eigenvalue weighted by Crippen LogP contribution is -2.18. The maximum Gasteiger partial charge on any atom is 0.255 e.